The van der Waals surface area contributed by atoms with E-state index in [1.54, 1.807) is 30.3 Å². The van der Waals surface area contributed by atoms with E-state index in [1.807, 2.05) is 18.2 Å². The molecule has 1 aliphatic rings. The molecule has 2 heterocycles. The van der Waals surface area contributed by atoms with Gasteiger partial charge < -0.3 is 4.90 Å². The second-order valence-corrected chi connectivity index (χ2v) is 6.15. The van der Waals surface area contributed by atoms with E-state index in [1.165, 1.54) is 21.7 Å². The van der Waals surface area contributed by atoms with Gasteiger partial charge in [-0.25, -0.2) is 4.98 Å². The molecule has 1 aromatic carbocycles. The van der Waals surface area contributed by atoms with Crippen molar-refractivity contribution >= 4 is 11.6 Å². The number of benzene rings is 1. The maximum absolute atomic E-state index is 12.8. The number of hydrogen-bond acceptors (Lipinski definition) is 3. The van der Waals surface area contributed by atoms with E-state index < -0.39 is 0 Å². The normalized spacial score (nSPS) is 13.9. The number of rotatable bonds is 2. The van der Waals surface area contributed by atoms with Gasteiger partial charge in [-0.3, -0.25) is 14.0 Å². The van der Waals surface area contributed by atoms with Crippen LogP contribution < -0.4 is 5.56 Å². The molecule has 0 spiro atoms. The third-order valence-corrected chi connectivity index (χ3v) is 4.74. The summed E-state index contributed by atoms with van der Waals surface area (Å²) < 4.78 is 1.41. The molecule has 0 unspecified atom stereocenters. The van der Waals surface area contributed by atoms with E-state index in [4.69, 9.17) is 0 Å². The predicted molar refractivity (Wildman–Crippen MR) is 91.2 cm³/mol. The minimum absolute atomic E-state index is 0.0748. The van der Waals surface area contributed by atoms with Crippen LogP contribution in [0.15, 0.2) is 59.7 Å². The highest BCUT2D eigenvalue weighted by molar-refractivity contribution is 5.94. The molecule has 0 saturated carbocycles. The Balaban J connectivity index is 1.65. The zero-order valence-electron chi connectivity index (χ0n) is 13.3. The van der Waals surface area contributed by atoms with Gasteiger partial charge >= 0.3 is 0 Å². The van der Waals surface area contributed by atoms with E-state index in [0.717, 1.165) is 12.8 Å². The number of carbonyl (C=O) groups is 1. The first kappa shape index (κ1) is 14.6. The van der Waals surface area contributed by atoms with Gasteiger partial charge in [0.25, 0.3) is 11.5 Å². The number of fused-ring (bicyclic) bond motifs is 2. The van der Waals surface area contributed by atoms with Gasteiger partial charge in [-0.1, -0.05) is 30.3 Å². The molecule has 24 heavy (non-hydrogen) atoms. The van der Waals surface area contributed by atoms with Crippen molar-refractivity contribution in [3.63, 3.8) is 0 Å². The summed E-state index contributed by atoms with van der Waals surface area (Å²) in [5, 5.41) is 0. The number of amides is 1. The summed E-state index contributed by atoms with van der Waals surface area (Å²) >= 11 is 0. The van der Waals surface area contributed by atoms with Gasteiger partial charge in [0.2, 0.25) is 0 Å². The smallest absolute Gasteiger partial charge is 0.270 e. The third-order valence-electron chi connectivity index (χ3n) is 4.74. The number of hydrogen-bond donors (Lipinski definition) is 0. The maximum Gasteiger partial charge on any atom is 0.270 e. The molecule has 0 saturated heterocycles. The van der Waals surface area contributed by atoms with Crippen molar-refractivity contribution in [3.8, 4) is 0 Å². The predicted octanol–water partition coefficient (Wildman–Crippen LogP) is 1.93. The summed E-state index contributed by atoms with van der Waals surface area (Å²) in [5.74, 6) is -0.274. The maximum atomic E-state index is 12.8. The Morgan fingerprint density at radius 3 is 2.50 bits per heavy atom. The molecular formula is C19H17N3O2. The average molecular weight is 319 g/mol. The quantitative estimate of drug-likeness (QED) is 0.725. The van der Waals surface area contributed by atoms with Crippen LogP contribution in [0.4, 0.5) is 0 Å². The Bertz CT molecular complexity index is 968. The van der Waals surface area contributed by atoms with Crippen molar-refractivity contribution in [3.05, 3.63) is 81.9 Å². The standard InChI is InChI=1S/C19H17N3O2/c1-21(15-10-13-6-2-3-7-14(13)11-15)18(23)16-12-20-17-8-4-5-9-22(17)19(16)24/h2-9,12,15H,10-11H2,1H3. The molecule has 0 radical (unpaired) electrons. The molecule has 2 aromatic heterocycles. The summed E-state index contributed by atoms with van der Waals surface area (Å²) in [5.41, 5.74) is 2.87. The van der Waals surface area contributed by atoms with Crippen LogP contribution >= 0.6 is 0 Å². The van der Waals surface area contributed by atoms with Crippen LogP contribution in [0.1, 0.15) is 21.5 Å². The summed E-state index contributed by atoms with van der Waals surface area (Å²) in [6.45, 7) is 0. The molecule has 0 bridgehead atoms. The highest BCUT2D eigenvalue weighted by Crippen LogP contribution is 2.25. The van der Waals surface area contributed by atoms with Gasteiger partial charge in [-0.05, 0) is 36.1 Å². The van der Waals surface area contributed by atoms with E-state index in [-0.39, 0.29) is 23.1 Å². The monoisotopic (exact) mass is 319 g/mol. The third kappa shape index (κ3) is 2.29. The lowest BCUT2D eigenvalue weighted by Crippen LogP contribution is -2.40. The number of aromatic nitrogens is 2. The van der Waals surface area contributed by atoms with Crippen molar-refractivity contribution in [2.75, 3.05) is 7.05 Å². The van der Waals surface area contributed by atoms with Gasteiger partial charge in [0, 0.05) is 25.5 Å². The van der Waals surface area contributed by atoms with Gasteiger partial charge in [0.15, 0.2) is 0 Å². The van der Waals surface area contributed by atoms with E-state index in [0.29, 0.717) is 5.65 Å². The van der Waals surface area contributed by atoms with Crippen LogP contribution in [0.3, 0.4) is 0 Å². The largest absolute Gasteiger partial charge is 0.338 e. The molecular weight excluding hydrogens is 302 g/mol. The number of carbonyl (C=O) groups excluding carboxylic acids is 1. The van der Waals surface area contributed by atoms with Crippen LogP contribution in [0.5, 0.6) is 0 Å². The minimum atomic E-state index is -0.326. The van der Waals surface area contributed by atoms with Gasteiger partial charge in [-0.15, -0.1) is 0 Å². The fourth-order valence-electron chi connectivity index (χ4n) is 3.34. The molecule has 4 rings (SSSR count). The van der Waals surface area contributed by atoms with E-state index in [9.17, 15) is 9.59 Å². The summed E-state index contributed by atoms with van der Waals surface area (Å²) in [4.78, 5) is 31.3. The lowest BCUT2D eigenvalue weighted by Gasteiger charge is -2.24. The second-order valence-electron chi connectivity index (χ2n) is 6.15. The Kier molecular flexibility index (Phi) is 3.41. The summed E-state index contributed by atoms with van der Waals surface area (Å²) in [6.07, 6.45) is 4.66. The first-order valence-corrected chi connectivity index (χ1v) is 7.95. The van der Waals surface area contributed by atoms with E-state index in [2.05, 4.69) is 17.1 Å². The fraction of sp³-hybridized carbons (Fsp3) is 0.211. The molecule has 5 nitrogen and oxygen atoms in total. The highest BCUT2D eigenvalue weighted by atomic mass is 16.2. The first-order chi connectivity index (χ1) is 11.6. The Morgan fingerprint density at radius 2 is 1.79 bits per heavy atom. The SMILES string of the molecule is CN(C(=O)c1cnc2ccccn2c1=O)C1Cc2ccccc2C1. The number of likely N-dealkylation sites (N-methyl/N-ethyl adjacent to an activating group) is 1. The van der Waals surface area contributed by atoms with E-state index >= 15 is 0 Å². The molecule has 120 valence electrons. The number of pyridine rings is 1. The number of nitrogens with zero attached hydrogens (tertiary/aromatic N) is 3. The molecule has 5 heteroatoms. The second kappa shape index (κ2) is 5.60. The minimum Gasteiger partial charge on any atom is -0.338 e. The van der Waals surface area contributed by atoms with Gasteiger partial charge in [0.1, 0.15) is 11.2 Å². The summed E-state index contributed by atoms with van der Waals surface area (Å²) in [6, 6.07) is 13.6. The van der Waals surface area contributed by atoms with Crippen LogP contribution in [-0.4, -0.2) is 33.3 Å². The molecule has 0 N–H and O–H groups in total. The molecule has 0 aliphatic heterocycles. The van der Waals surface area contributed by atoms with Crippen molar-refractivity contribution in [2.45, 2.75) is 18.9 Å². The average Bonchev–Trinajstić information content (AvgIpc) is 3.05. The topological polar surface area (TPSA) is 54.7 Å². The lowest BCUT2D eigenvalue weighted by atomic mass is 10.1. The van der Waals surface area contributed by atoms with Gasteiger partial charge in [-0.2, -0.15) is 0 Å². The Morgan fingerprint density at radius 1 is 1.12 bits per heavy atom. The molecule has 1 amide bonds. The molecule has 1 aliphatic carbocycles. The molecule has 0 atom stereocenters. The molecule has 0 fully saturated rings. The van der Waals surface area contributed by atoms with Crippen molar-refractivity contribution < 1.29 is 4.79 Å². The Labute approximate surface area is 139 Å². The van der Waals surface area contributed by atoms with Crippen molar-refractivity contribution in [1.82, 2.24) is 14.3 Å². The summed E-state index contributed by atoms with van der Waals surface area (Å²) in [7, 11) is 1.76. The molecule has 3 aromatic rings. The van der Waals surface area contributed by atoms with Crippen LogP contribution in [0.2, 0.25) is 0 Å². The van der Waals surface area contributed by atoms with Crippen LogP contribution in [-0.2, 0) is 12.8 Å². The van der Waals surface area contributed by atoms with Crippen LogP contribution in [0, 0.1) is 0 Å². The first-order valence-electron chi connectivity index (χ1n) is 7.95. The Hall–Kier alpha value is -2.95. The van der Waals surface area contributed by atoms with Gasteiger partial charge in [0.05, 0.1) is 0 Å². The zero-order valence-corrected chi connectivity index (χ0v) is 13.3. The van der Waals surface area contributed by atoms with Crippen molar-refractivity contribution in [2.24, 2.45) is 0 Å². The van der Waals surface area contributed by atoms with Crippen molar-refractivity contribution in [1.29, 1.82) is 0 Å². The highest BCUT2D eigenvalue weighted by Gasteiger charge is 2.29. The fourth-order valence-corrected chi connectivity index (χ4v) is 3.34. The van der Waals surface area contributed by atoms with Crippen LogP contribution in [0.25, 0.3) is 5.65 Å². The zero-order chi connectivity index (χ0) is 16.7. The lowest BCUT2D eigenvalue weighted by molar-refractivity contribution is 0.0735.